The standard InChI is InChI=1S/C32H32FN5O4/c1-41-24-9-3-21(4-10-24)19-34-35-32(40)27-20-38(23-5-6-23)29-18-30(28(33)17-26(29)31(27)39)37-15-13-36(14-16-37)22-7-11-25(42-2)12-8-22/h3-4,7-12,17-20,23H,5-6,13-16H2,1-2H3,(H,35,40)/b34-19-. The number of carbonyl (C=O) groups is 1. The molecular formula is C32H32FN5O4. The molecule has 4 aromatic rings. The molecule has 2 aliphatic rings. The minimum absolute atomic E-state index is 0.0680. The van der Waals surface area contributed by atoms with E-state index in [1.807, 2.05) is 33.7 Å². The molecule has 0 bridgehead atoms. The Balaban J connectivity index is 1.23. The van der Waals surface area contributed by atoms with Gasteiger partial charge >= 0.3 is 0 Å². The summed E-state index contributed by atoms with van der Waals surface area (Å²) in [6.45, 7) is 2.73. The Hall–Kier alpha value is -4.86. The minimum Gasteiger partial charge on any atom is -0.497 e. The Labute approximate surface area is 242 Å². The van der Waals surface area contributed by atoms with Gasteiger partial charge in [-0.25, -0.2) is 9.82 Å². The average Bonchev–Trinajstić information content (AvgIpc) is 3.87. The molecule has 1 N–H and O–H groups in total. The van der Waals surface area contributed by atoms with Crippen LogP contribution in [0, 0.1) is 5.82 Å². The molecule has 42 heavy (non-hydrogen) atoms. The predicted octanol–water partition coefficient (Wildman–Crippen LogP) is 4.58. The van der Waals surface area contributed by atoms with Gasteiger partial charge in [0.15, 0.2) is 0 Å². The number of ether oxygens (including phenoxy) is 2. The monoisotopic (exact) mass is 569 g/mol. The van der Waals surface area contributed by atoms with Crippen LogP contribution in [0.15, 0.2) is 76.8 Å². The number of piperazine rings is 1. The van der Waals surface area contributed by atoms with Gasteiger partial charge in [-0.05, 0) is 79.1 Å². The van der Waals surface area contributed by atoms with Crippen molar-refractivity contribution in [3.05, 3.63) is 94.0 Å². The van der Waals surface area contributed by atoms with Crippen LogP contribution in [0.1, 0.15) is 34.8 Å². The van der Waals surface area contributed by atoms with E-state index in [9.17, 15) is 9.59 Å². The lowest BCUT2D eigenvalue weighted by atomic mass is 10.1. The molecule has 2 fully saturated rings. The number of hydrogen-bond acceptors (Lipinski definition) is 7. The quantitative estimate of drug-likeness (QED) is 0.247. The van der Waals surface area contributed by atoms with Gasteiger partial charge < -0.3 is 23.8 Å². The number of nitrogens with zero attached hydrogens (tertiary/aromatic N) is 4. The Morgan fingerprint density at radius 3 is 2.17 bits per heavy atom. The maximum absolute atomic E-state index is 15.6. The summed E-state index contributed by atoms with van der Waals surface area (Å²) in [5, 5.41) is 4.20. The van der Waals surface area contributed by atoms with Crippen molar-refractivity contribution in [3.63, 3.8) is 0 Å². The van der Waals surface area contributed by atoms with Gasteiger partial charge in [-0.1, -0.05) is 0 Å². The molecule has 1 saturated heterocycles. The number of rotatable bonds is 8. The third-order valence-electron chi connectivity index (χ3n) is 7.84. The van der Waals surface area contributed by atoms with Gasteiger partial charge in [0.1, 0.15) is 22.9 Å². The lowest BCUT2D eigenvalue weighted by molar-refractivity contribution is 0.0953. The maximum atomic E-state index is 15.6. The van der Waals surface area contributed by atoms with Crippen molar-refractivity contribution in [2.24, 2.45) is 5.10 Å². The zero-order chi connectivity index (χ0) is 29.2. The van der Waals surface area contributed by atoms with Crippen LogP contribution >= 0.6 is 0 Å². The molecule has 1 amide bonds. The first-order chi connectivity index (χ1) is 20.4. The Morgan fingerprint density at radius 1 is 0.929 bits per heavy atom. The summed E-state index contributed by atoms with van der Waals surface area (Å²) >= 11 is 0. The van der Waals surface area contributed by atoms with Crippen molar-refractivity contribution in [2.45, 2.75) is 18.9 Å². The molecule has 3 aromatic carbocycles. The molecule has 2 heterocycles. The number of nitrogens with one attached hydrogen (secondary N) is 1. The van der Waals surface area contributed by atoms with E-state index in [4.69, 9.17) is 9.47 Å². The Morgan fingerprint density at radius 2 is 1.55 bits per heavy atom. The highest BCUT2D eigenvalue weighted by molar-refractivity contribution is 5.98. The normalized spacial score (nSPS) is 15.3. The number of fused-ring (bicyclic) bond motifs is 1. The smallest absolute Gasteiger partial charge is 0.276 e. The van der Waals surface area contributed by atoms with Crippen LogP contribution in [-0.4, -0.2) is 57.1 Å². The second kappa shape index (κ2) is 11.6. The maximum Gasteiger partial charge on any atom is 0.276 e. The number of pyridine rings is 1. The number of halogens is 1. The van der Waals surface area contributed by atoms with Crippen molar-refractivity contribution in [1.29, 1.82) is 0 Å². The fraction of sp³-hybridized carbons (Fsp3) is 0.281. The van der Waals surface area contributed by atoms with E-state index in [-0.39, 0.29) is 17.0 Å². The van der Waals surface area contributed by atoms with Crippen LogP contribution in [0.5, 0.6) is 11.5 Å². The van der Waals surface area contributed by atoms with Crippen LogP contribution in [0.4, 0.5) is 15.8 Å². The van der Waals surface area contributed by atoms with Gasteiger partial charge in [0.2, 0.25) is 5.43 Å². The molecule has 6 rings (SSSR count). The van der Waals surface area contributed by atoms with Crippen LogP contribution in [-0.2, 0) is 0 Å². The highest BCUT2D eigenvalue weighted by atomic mass is 19.1. The average molecular weight is 570 g/mol. The number of anilines is 2. The summed E-state index contributed by atoms with van der Waals surface area (Å²) in [5.74, 6) is 0.397. The summed E-state index contributed by atoms with van der Waals surface area (Å²) in [7, 11) is 3.23. The predicted molar refractivity (Wildman–Crippen MR) is 162 cm³/mol. The van der Waals surface area contributed by atoms with Crippen molar-refractivity contribution < 1.29 is 18.7 Å². The van der Waals surface area contributed by atoms with E-state index in [0.29, 0.717) is 30.0 Å². The van der Waals surface area contributed by atoms with Crippen LogP contribution in [0.2, 0.25) is 0 Å². The first-order valence-corrected chi connectivity index (χ1v) is 13.9. The number of aromatic nitrogens is 1. The van der Waals surface area contributed by atoms with E-state index < -0.39 is 17.2 Å². The summed E-state index contributed by atoms with van der Waals surface area (Å²) in [6.07, 6.45) is 4.94. The fourth-order valence-corrected chi connectivity index (χ4v) is 5.33. The number of benzene rings is 3. The number of methoxy groups -OCH3 is 2. The van der Waals surface area contributed by atoms with Crippen molar-refractivity contribution in [2.75, 3.05) is 50.2 Å². The van der Waals surface area contributed by atoms with Crippen molar-refractivity contribution in [3.8, 4) is 11.5 Å². The summed E-state index contributed by atoms with van der Waals surface area (Å²) in [4.78, 5) is 30.7. The number of hydrogen-bond donors (Lipinski definition) is 1. The number of hydrazone groups is 1. The Kier molecular flexibility index (Phi) is 7.52. The lowest BCUT2D eigenvalue weighted by Gasteiger charge is -2.37. The fourth-order valence-electron chi connectivity index (χ4n) is 5.33. The molecule has 1 saturated carbocycles. The van der Waals surface area contributed by atoms with Crippen molar-refractivity contribution >= 4 is 34.4 Å². The molecule has 1 aliphatic heterocycles. The zero-order valence-electron chi connectivity index (χ0n) is 23.5. The van der Waals surface area contributed by atoms with E-state index in [2.05, 4.69) is 15.4 Å². The second-order valence-corrected chi connectivity index (χ2v) is 10.5. The van der Waals surface area contributed by atoms with E-state index in [0.717, 1.165) is 42.9 Å². The molecule has 0 atom stereocenters. The molecule has 1 aromatic heterocycles. The van der Waals surface area contributed by atoms with Crippen LogP contribution in [0.25, 0.3) is 10.9 Å². The largest absolute Gasteiger partial charge is 0.497 e. The minimum atomic E-state index is -0.639. The second-order valence-electron chi connectivity index (χ2n) is 10.5. The lowest BCUT2D eigenvalue weighted by Crippen LogP contribution is -2.46. The molecule has 9 nitrogen and oxygen atoms in total. The van der Waals surface area contributed by atoms with Gasteiger partial charge in [0.25, 0.3) is 5.91 Å². The SMILES string of the molecule is COc1ccc(/C=N\NC(=O)c2cn(C3CC3)c3cc(N4CCN(c5ccc(OC)cc5)CC4)c(F)cc3c2=O)cc1. The highest BCUT2D eigenvalue weighted by Gasteiger charge is 2.28. The molecule has 10 heteroatoms. The van der Waals surface area contributed by atoms with Gasteiger partial charge in [-0.15, -0.1) is 0 Å². The van der Waals surface area contributed by atoms with Crippen LogP contribution in [0.3, 0.4) is 0 Å². The summed E-state index contributed by atoms with van der Waals surface area (Å²) in [6, 6.07) is 18.3. The van der Waals surface area contributed by atoms with Crippen molar-refractivity contribution in [1.82, 2.24) is 9.99 Å². The first kappa shape index (κ1) is 27.3. The third kappa shape index (κ3) is 5.52. The molecule has 0 unspecified atom stereocenters. The topological polar surface area (TPSA) is 88.4 Å². The van der Waals surface area contributed by atoms with Gasteiger partial charge in [-0.2, -0.15) is 5.10 Å². The molecule has 0 radical (unpaired) electrons. The number of carbonyl (C=O) groups excluding carboxylic acids is 1. The molecule has 0 spiro atoms. The molecule has 216 valence electrons. The number of amides is 1. The van der Waals surface area contributed by atoms with E-state index >= 15 is 4.39 Å². The van der Waals surface area contributed by atoms with Gasteiger partial charge in [0.05, 0.1) is 31.6 Å². The van der Waals surface area contributed by atoms with E-state index in [1.165, 1.54) is 12.3 Å². The highest BCUT2D eigenvalue weighted by Crippen LogP contribution is 2.38. The molecular weight excluding hydrogens is 537 g/mol. The summed E-state index contributed by atoms with van der Waals surface area (Å²) in [5.41, 5.74) is 4.80. The Bertz CT molecular complexity index is 1690. The zero-order valence-corrected chi connectivity index (χ0v) is 23.5. The third-order valence-corrected chi connectivity index (χ3v) is 7.84. The molecule has 1 aliphatic carbocycles. The van der Waals surface area contributed by atoms with Crippen LogP contribution < -0.4 is 30.1 Å². The van der Waals surface area contributed by atoms with Gasteiger partial charge in [-0.3, -0.25) is 9.59 Å². The first-order valence-electron chi connectivity index (χ1n) is 13.9. The summed E-state index contributed by atoms with van der Waals surface area (Å²) < 4.78 is 27.9. The van der Waals surface area contributed by atoms with E-state index in [1.54, 1.807) is 50.7 Å². The van der Waals surface area contributed by atoms with Gasteiger partial charge in [0, 0.05) is 49.5 Å².